The Hall–Kier alpha value is -2.71. The molecule has 3 atom stereocenters. The van der Waals surface area contributed by atoms with Crippen molar-refractivity contribution >= 4 is 17.5 Å². The molecular weight excluding hydrogens is 383 g/mol. The highest BCUT2D eigenvalue weighted by Gasteiger charge is 2.62. The van der Waals surface area contributed by atoms with Crippen LogP contribution in [0.5, 0.6) is 0 Å². The molecule has 0 unspecified atom stereocenters. The number of alkyl halides is 3. The molecule has 150 valence electrons. The Morgan fingerprint density at radius 1 is 0.828 bits per heavy atom. The molecule has 2 amide bonds. The summed E-state index contributed by atoms with van der Waals surface area (Å²) in [6.07, 6.45) is -3.67. The van der Waals surface area contributed by atoms with Crippen LogP contribution in [0.25, 0.3) is 0 Å². The fraction of sp³-hybridized carbons (Fsp3) is 0.333. The van der Waals surface area contributed by atoms with Crippen molar-refractivity contribution in [2.24, 2.45) is 5.92 Å². The zero-order chi connectivity index (χ0) is 20.3. The number of rotatable bonds is 2. The minimum atomic E-state index is -4.55. The van der Waals surface area contributed by atoms with Gasteiger partial charge in [-0.3, -0.25) is 9.59 Å². The van der Waals surface area contributed by atoms with E-state index in [1.54, 1.807) is 0 Å². The third-order valence-electron chi connectivity index (χ3n) is 5.98. The van der Waals surface area contributed by atoms with Gasteiger partial charge in [0, 0.05) is 13.1 Å². The molecule has 3 heterocycles. The molecule has 2 aromatic carbocycles. The predicted molar refractivity (Wildman–Crippen MR) is 98.4 cm³/mol. The van der Waals surface area contributed by atoms with E-state index in [9.17, 15) is 22.8 Å². The molecule has 0 bridgehead atoms. The quantitative estimate of drug-likeness (QED) is 0.725. The first-order valence-corrected chi connectivity index (χ1v) is 9.51. The molecule has 29 heavy (non-hydrogen) atoms. The molecule has 0 spiro atoms. The second kappa shape index (κ2) is 6.40. The normalized spacial score (nSPS) is 27.6. The first-order chi connectivity index (χ1) is 13.9. The molecule has 0 aliphatic carbocycles. The lowest BCUT2D eigenvalue weighted by Gasteiger charge is -2.29. The Morgan fingerprint density at radius 3 is 2.21 bits per heavy atom. The van der Waals surface area contributed by atoms with Gasteiger partial charge in [-0.15, -0.1) is 0 Å². The van der Waals surface area contributed by atoms with E-state index in [0.29, 0.717) is 6.54 Å². The van der Waals surface area contributed by atoms with Crippen LogP contribution in [0, 0.1) is 5.92 Å². The average Bonchev–Trinajstić information content (AvgIpc) is 3.34. The van der Waals surface area contributed by atoms with Crippen molar-refractivity contribution < 1.29 is 22.8 Å². The van der Waals surface area contributed by atoms with E-state index in [4.69, 9.17) is 0 Å². The molecule has 0 aromatic heterocycles. The maximum Gasteiger partial charge on any atom is 0.416 e. The van der Waals surface area contributed by atoms with Crippen LogP contribution in [0.4, 0.5) is 18.9 Å². The molecule has 3 aliphatic heterocycles. The van der Waals surface area contributed by atoms with Gasteiger partial charge in [-0.25, -0.2) is 14.9 Å². The Balaban J connectivity index is 1.57. The van der Waals surface area contributed by atoms with Gasteiger partial charge in [-0.2, -0.15) is 13.2 Å². The number of benzene rings is 2. The van der Waals surface area contributed by atoms with Gasteiger partial charge >= 0.3 is 6.18 Å². The molecule has 0 radical (unpaired) electrons. The summed E-state index contributed by atoms with van der Waals surface area (Å²) < 4.78 is 39.4. The number of hydrazine groups is 1. The molecule has 0 N–H and O–H groups in total. The number of anilines is 1. The van der Waals surface area contributed by atoms with Crippen molar-refractivity contribution in [3.05, 3.63) is 65.7 Å². The van der Waals surface area contributed by atoms with Gasteiger partial charge in [-0.1, -0.05) is 36.4 Å². The second-order valence-electron chi connectivity index (χ2n) is 7.57. The second-order valence-corrected chi connectivity index (χ2v) is 7.57. The molecule has 8 heteroatoms. The van der Waals surface area contributed by atoms with Crippen molar-refractivity contribution in [3.8, 4) is 0 Å². The van der Waals surface area contributed by atoms with Gasteiger partial charge in [0.15, 0.2) is 0 Å². The van der Waals surface area contributed by atoms with Gasteiger partial charge in [-0.05, 0) is 30.2 Å². The van der Waals surface area contributed by atoms with Crippen molar-refractivity contribution in [2.75, 3.05) is 18.0 Å². The van der Waals surface area contributed by atoms with Crippen molar-refractivity contribution in [1.29, 1.82) is 0 Å². The highest BCUT2D eigenvalue weighted by Crippen LogP contribution is 2.49. The number of carbonyl (C=O) groups is 2. The summed E-state index contributed by atoms with van der Waals surface area (Å²) in [5.74, 6) is -1.54. The number of hydrogen-bond acceptors (Lipinski definition) is 4. The van der Waals surface area contributed by atoms with Crippen LogP contribution in [-0.2, 0) is 15.8 Å². The zero-order valence-corrected chi connectivity index (χ0v) is 15.3. The minimum absolute atomic E-state index is 0.0261. The monoisotopic (exact) mass is 401 g/mol. The highest BCUT2D eigenvalue weighted by molar-refractivity contribution is 6.24. The van der Waals surface area contributed by atoms with E-state index in [2.05, 4.69) is 5.01 Å². The fourth-order valence-corrected chi connectivity index (χ4v) is 4.84. The Kier molecular flexibility index (Phi) is 4.04. The van der Waals surface area contributed by atoms with Gasteiger partial charge < -0.3 is 0 Å². The third-order valence-corrected chi connectivity index (χ3v) is 5.98. The van der Waals surface area contributed by atoms with Crippen LogP contribution in [0.15, 0.2) is 54.6 Å². The average molecular weight is 401 g/mol. The van der Waals surface area contributed by atoms with Gasteiger partial charge in [0.25, 0.3) is 5.91 Å². The largest absolute Gasteiger partial charge is 0.416 e. The summed E-state index contributed by atoms with van der Waals surface area (Å²) in [6.45, 7) is 1.40. The lowest BCUT2D eigenvalue weighted by Crippen LogP contribution is -2.44. The summed E-state index contributed by atoms with van der Waals surface area (Å²) in [4.78, 5) is 27.5. The van der Waals surface area contributed by atoms with E-state index < -0.39 is 35.5 Å². The lowest BCUT2D eigenvalue weighted by molar-refractivity contribution is -0.137. The number of imide groups is 1. The van der Waals surface area contributed by atoms with Gasteiger partial charge in [0.2, 0.25) is 5.91 Å². The summed E-state index contributed by atoms with van der Waals surface area (Å²) in [5.41, 5.74) is 0.0239. The Morgan fingerprint density at radius 2 is 1.52 bits per heavy atom. The summed E-state index contributed by atoms with van der Waals surface area (Å²) >= 11 is 0. The van der Waals surface area contributed by atoms with Crippen molar-refractivity contribution in [2.45, 2.75) is 24.7 Å². The molecule has 3 saturated heterocycles. The van der Waals surface area contributed by atoms with Crippen LogP contribution in [-0.4, -0.2) is 41.0 Å². The summed E-state index contributed by atoms with van der Waals surface area (Å²) in [6, 6.07) is 12.9. The van der Waals surface area contributed by atoms with Crippen molar-refractivity contribution in [1.82, 2.24) is 10.0 Å². The number of hydrogen-bond donors (Lipinski definition) is 0. The fourth-order valence-electron chi connectivity index (χ4n) is 4.84. The maximum absolute atomic E-state index is 13.3. The van der Waals surface area contributed by atoms with Crippen LogP contribution in [0.1, 0.15) is 23.6 Å². The number of nitrogens with zero attached hydrogens (tertiary/aromatic N) is 3. The van der Waals surface area contributed by atoms with Gasteiger partial charge in [0.1, 0.15) is 6.04 Å². The van der Waals surface area contributed by atoms with Crippen molar-refractivity contribution in [3.63, 3.8) is 0 Å². The number of carbonyl (C=O) groups excluding carboxylic acids is 2. The minimum Gasteiger partial charge on any atom is -0.274 e. The molecule has 0 saturated carbocycles. The molecule has 5 nitrogen and oxygen atoms in total. The first-order valence-electron chi connectivity index (χ1n) is 9.51. The molecule has 2 aromatic rings. The standard InChI is InChI=1S/C21H18F3N3O2/c22-21(23,24)14-8-4-9-15(12-14)27-19(28)16-17(13-6-2-1-3-7-13)25-10-5-11-26(25)18(16)20(27)29/h1-4,6-9,12,16-18H,5,10-11H2/t16-,17-,18+/m0/s1. The van der Waals surface area contributed by atoms with E-state index in [1.807, 2.05) is 35.3 Å². The van der Waals surface area contributed by atoms with E-state index in [0.717, 1.165) is 35.6 Å². The third kappa shape index (κ3) is 2.70. The molecular formula is C21H18F3N3O2. The number of amides is 2. The van der Waals surface area contributed by atoms with E-state index in [1.165, 1.54) is 12.1 Å². The van der Waals surface area contributed by atoms with Crippen LogP contribution >= 0.6 is 0 Å². The highest BCUT2D eigenvalue weighted by atomic mass is 19.4. The summed E-state index contributed by atoms with van der Waals surface area (Å²) in [5, 5.41) is 4.00. The zero-order valence-electron chi connectivity index (χ0n) is 15.3. The Labute approximate surface area is 165 Å². The van der Waals surface area contributed by atoms with Gasteiger partial charge in [0.05, 0.1) is 23.2 Å². The smallest absolute Gasteiger partial charge is 0.274 e. The predicted octanol–water partition coefficient (Wildman–Crippen LogP) is 3.24. The molecule has 5 rings (SSSR count). The Bertz CT molecular complexity index is 979. The number of halogens is 3. The first kappa shape index (κ1) is 18.3. The van der Waals surface area contributed by atoms with Crippen LogP contribution in [0.2, 0.25) is 0 Å². The van der Waals surface area contributed by atoms with Crippen LogP contribution < -0.4 is 4.90 Å². The topological polar surface area (TPSA) is 43.9 Å². The number of fused-ring (bicyclic) bond motifs is 3. The van der Waals surface area contributed by atoms with Crippen LogP contribution in [0.3, 0.4) is 0 Å². The SMILES string of the molecule is O=C1[C@@H]2[C@H](C(=O)N1c1cccc(C(F)(F)F)c1)N1CCCN1[C@H]2c1ccccc1. The maximum atomic E-state index is 13.3. The van der Waals surface area contributed by atoms with E-state index in [-0.39, 0.29) is 11.7 Å². The molecule has 3 fully saturated rings. The summed E-state index contributed by atoms with van der Waals surface area (Å²) in [7, 11) is 0. The molecule has 3 aliphatic rings. The lowest BCUT2D eigenvalue weighted by atomic mass is 9.90. The van der Waals surface area contributed by atoms with E-state index >= 15 is 0 Å².